The highest BCUT2D eigenvalue weighted by Gasteiger charge is 2.06. The van der Waals surface area contributed by atoms with Crippen LogP contribution < -0.4 is 5.32 Å². The minimum absolute atomic E-state index is 1.17. The molecule has 1 aliphatic carbocycles. The predicted octanol–water partition coefficient (Wildman–Crippen LogP) is 2.91. The van der Waals surface area contributed by atoms with E-state index in [2.05, 4.69) is 35.2 Å². The van der Waals surface area contributed by atoms with E-state index in [-0.39, 0.29) is 0 Å². The zero-order chi connectivity index (χ0) is 8.23. The number of nitrogens with one attached hydrogen (secondary N) is 1. The SMILES string of the molecule is C1=CCCC(C2=CNC=CS2)=C1. The molecule has 2 rings (SSSR count). The molecule has 0 atom stereocenters. The fraction of sp³-hybridized carbons (Fsp3) is 0.200. The van der Waals surface area contributed by atoms with E-state index in [1.54, 1.807) is 11.8 Å². The number of allylic oxidation sites excluding steroid dienone is 4. The zero-order valence-electron chi connectivity index (χ0n) is 6.79. The van der Waals surface area contributed by atoms with Crippen LogP contribution in [0.25, 0.3) is 0 Å². The average molecular weight is 177 g/mol. The molecule has 1 N–H and O–H groups in total. The smallest absolute Gasteiger partial charge is 0.0309 e. The molecule has 0 amide bonds. The van der Waals surface area contributed by atoms with Gasteiger partial charge in [-0.15, -0.1) is 0 Å². The molecule has 0 aromatic carbocycles. The van der Waals surface area contributed by atoms with Crippen LogP contribution in [0.1, 0.15) is 12.8 Å². The Morgan fingerprint density at radius 1 is 1.42 bits per heavy atom. The lowest BCUT2D eigenvalue weighted by Gasteiger charge is -2.13. The number of thioether (sulfide) groups is 1. The van der Waals surface area contributed by atoms with Crippen LogP contribution in [0, 0.1) is 0 Å². The molecule has 12 heavy (non-hydrogen) atoms. The molecule has 0 fully saturated rings. The largest absolute Gasteiger partial charge is 0.366 e. The summed E-state index contributed by atoms with van der Waals surface area (Å²) in [6.45, 7) is 0. The number of rotatable bonds is 1. The van der Waals surface area contributed by atoms with Gasteiger partial charge in [-0.05, 0) is 23.8 Å². The monoisotopic (exact) mass is 177 g/mol. The molecule has 0 spiro atoms. The van der Waals surface area contributed by atoms with Crippen LogP contribution in [0.3, 0.4) is 0 Å². The highest BCUT2D eigenvalue weighted by atomic mass is 32.2. The Balaban J connectivity index is 2.13. The zero-order valence-corrected chi connectivity index (χ0v) is 7.60. The molecule has 2 heteroatoms. The lowest BCUT2D eigenvalue weighted by molar-refractivity contribution is 0.980. The number of hydrogen-bond donors (Lipinski definition) is 1. The maximum atomic E-state index is 3.10. The minimum atomic E-state index is 1.17. The van der Waals surface area contributed by atoms with E-state index in [9.17, 15) is 0 Å². The van der Waals surface area contributed by atoms with Crippen LogP contribution >= 0.6 is 11.8 Å². The second kappa shape index (κ2) is 3.68. The summed E-state index contributed by atoms with van der Waals surface area (Å²) in [4.78, 5) is 1.35. The Bertz CT molecular complexity index is 284. The van der Waals surface area contributed by atoms with Crippen LogP contribution in [0.15, 0.2) is 46.5 Å². The summed E-state index contributed by atoms with van der Waals surface area (Å²) in [6.07, 6.45) is 12.9. The first-order chi connectivity index (χ1) is 5.97. The highest BCUT2D eigenvalue weighted by molar-refractivity contribution is 8.06. The van der Waals surface area contributed by atoms with Crippen LogP contribution in [-0.2, 0) is 0 Å². The van der Waals surface area contributed by atoms with E-state index < -0.39 is 0 Å². The lowest BCUT2D eigenvalue weighted by atomic mass is 10.1. The minimum Gasteiger partial charge on any atom is -0.366 e. The van der Waals surface area contributed by atoms with Gasteiger partial charge in [-0.3, -0.25) is 0 Å². The van der Waals surface area contributed by atoms with Crippen molar-refractivity contribution in [1.82, 2.24) is 5.32 Å². The fourth-order valence-corrected chi connectivity index (χ4v) is 2.03. The van der Waals surface area contributed by atoms with E-state index in [0.717, 1.165) is 0 Å². The van der Waals surface area contributed by atoms with Crippen molar-refractivity contribution in [3.05, 3.63) is 46.5 Å². The van der Waals surface area contributed by atoms with Crippen LogP contribution in [0.2, 0.25) is 0 Å². The third kappa shape index (κ3) is 1.64. The van der Waals surface area contributed by atoms with E-state index in [0.29, 0.717) is 0 Å². The van der Waals surface area contributed by atoms with Crippen molar-refractivity contribution in [2.24, 2.45) is 0 Å². The Morgan fingerprint density at radius 3 is 3.08 bits per heavy atom. The van der Waals surface area contributed by atoms with Crippen molar-refractivity contribution in [2.75, 3.05) is 0 Å². The van der Waals surface area contributed by atoms with Crippen molar-refractivity contribution in [3.8, 4) is 0 Å². The van der Waals surface area contributed by atoms with Gasteiger partial charge in [-0.1, -0.05) is 30.0 Å². The molecular formula is C10H11NS. The van der Waals surface area contributed by atoms with E-state index >= 15 is 0 Å². The summed E-state index contributed by atoms with van der Waals surface area (Å²) in [5.74, 6) is 0. The van der Waals surface area contributed by atoms with Gasteiger partial charge < -0.3 is 5.32 Å². The van der Waals surface area contributed by atoms with E-state index in [1.807, 2.05) is 6.20 Å². The molecule has 0 saturated heterocycles. The van der Waals surface area contributed by atoms with Gasteiger partial charge in [0, 0.05) is 17.3 Å². The Labute approximate surface area is 76.9 Å². The molecule has 1 nitrogen and oxygen atoms in total. The molecule has 62 valence electrons. The summed E-state index contributed by atoms with van der Waals surface area (Å²) in [5.41, 5.74) is 1.44. The fourth-order valence-electron chi connectivity index (χ4n) is 1.28. The van der Waals surface area contributed by atoms with Gasteiger partial charge in [-0.25, -0.2) is 0 Å². The second-order valence-corrected chi connectivity index (χ2v) is 3.70. The first kappa shape index (κ1) is 7.74. The average Bonchev–Trinajstić information content (AvgIpc) is 2.21. The standard InChI is InChI=1S/C10H11NS/c1-2-4-9(5-3-1)10-8-11-6-7-12-10/h1-2,4,6-8,11H,3,5H2. The third-order valence-corrected chi connectivity index (χ3v) is 2.81. The maximum absolute atomic E-state index is 3.10. The van der Waals surface area contributed by atoms with Crippen molar-refractivity contribution >= 4 is 11.8 Å². The first-order valence-electron chi connectivity index (χ1n) is 4.11. The van der Waals surface area contributed by atoms with Gasteiger partial charge in [-0.2, -0.15) is 0 Å². The molecule has 0 bridgehead atoms. The molecule has 0 aromatic heterocycles. The van der Waals surface area contributed by atoms with E-state index in [1.165, 1.54) is 23.3 Å². The molecule has 1 aliphatic heterocycles. The summed E-state index contributed by atoms with van der Waals surface area (Å²) in [5, 5.41) is 5.18. The molecule has 0 aromatic rings. The Hall–Kier alpha value is -0.890. The molecular weight excluding hydrogens is 166 g/mol. The van der Waals surface area contributed by atoms with E-state index in [4.69, 9.17) is 0 Å². The Morgan fingerprint density at radius 2 is 2.42 bits per heavy atom. The summed E-state index contributed by atoms with van der Waals surface area (Å²) >= 11 is 1.79. The highest BCUT2D eigenvalue weighted by Crippen LogP contribution is 2.30. The first-order valence-corrected chi connectivity index (χ1v) is 4.99. The summed E-state index contributed by atoms with van der Waals surface area (Å²) in [6, 6.07) is 0. The molecule has 2 aliphatic rings. The lowest BCUT2D eigenvalue weighted by Crippen LogP contribution is -2.00. The topological polar surface area (TPSA) is 12.0 Å². The normalized spacial score (nSPS) is 21.3. The molecule has 0 saturated carbocycles. The van der Waals surface area contributed by atoms with Gasteiger partial charge >= 0.3 is 0 Å². The van der Waals surface area contributed by atoms with Gasteiger partial charge in [0.25, 0.3) is 0 Å². The van der Waals surface area contributed by atoms with Crippen molar-refractivity contribution < 1.29 is 0 Å². The predicted molar refractivity (Wildman–Crippen MR) is 54.4 cm³/mol. The summed E-state index contributed by atoms with van der Waals surface area (Å²) in [7, 11) is 0. The Kier molecular flexibility index (Phi) is 2.37. The van der Waals surface area contributed by atoms with Gasteiger partial charge in [0.1, 0.15) is 0 Å². The van der Waals surface area contributed by atoms with Crippen molar-refractivity contribution in [1.29, 1.82) is 0 Å². The van der Waals surface area contributed by atoms with Crippen molar-refractivity contribution in [3.63, 3.8) is 0 Å². The maximum Gasteiger partial charge on any atom is 0.0309 e. The summed E-state index contributed by atoms with van der Waals surface area (Å²) < 4.78 is 0. The van der Waals surface area contributed by atoms with Gasteiger partial charge in [0.2, 0.25) is 0 Å². The third-order valence-electron chi connectivity index (χ3n) is 1.90. The molecule has 0 unspecified atom stereocenters. The van der Waals surface area contributed by atoms with Crippen LogP contribution in [-0.4, -0.2) is 0 Å². The van der Waals surface area contributed by atoms with Gasteiger partial charge in [0.05, 0.1) is 0 Å². The van der Waals surface area contributed by atoms with Crippen molar-refractivity contribution in [2.45, 2.75) is 12.8 Å². The molecule has 1 heterocycles. The number of hydrogen-bond acceptors (Lipinski definition) is 2. The van der Waals surface area contributed by atoms with Gasteiger partial charge in [0.15, 0.2) is 0 Å². The quantitative estimate of drug-likeness (QED) is 0.661. The molecule has 0 radical (unpaired) electrons. The van der Waals surface area contributed by atoms with Crippen LogP contribution in [0.5, 0.6) is 0 Å². The second-order valence-electron chi connectivity index (χ2n) is 2.75. The van der Waals surface area contributed by atoms with Crippen LogP contribution in [0.4, 0.5) is 0 Å².